The maximum Gasteiger partial charge on any atom is 0.265 e. The average Bonchev–Trinajstić information content (AvgIpc) is 3.07. The lowest BCUT2D eigenvalue weighted by Gasteiger charge is -2.08. The average molecular weight is 428 g/mol. The molecule has 0 saturated carbocycles. The summed E-state index contributed by atoms with van der Waals surface area (Å²) in [4.78, 5) is 30.7. The highest BCUT2D eigenvalue weighted by atomic mass is 32.1. The van der Waals surface area contributed by atoms with Crippen LogP contribution in [-0.4, -0.2) is 35.8 Å². The lowest BCUT2D eigenvalue weighted by molar-refractivity contribution is -0.116. The maximum atomic E-state index is 13.0. The van der Waals surface area contributed by atoms with E-state index in [4.69, 9.17) is 4.74 Å². The van der Waals surface area contributed by atoms with E-state index in [0.717, 1.165) is 5.56 Å². The summed E-state index contributed by atoms with van der Waals surface area (Å²) in [7, 11) is 3.35. The van der Waals surface area contributed by atoms with Gasteiger partial charge in [0.2, 0.25) is 5.91 Å². The third-order valence-electron chi connectivity index (χ3n) is 4.23. The first-order valence-electron chi connectivity index (χ1n) is 9.33. The SMILES string of the molecule is Cc1nc(NC(=O)CCc2cccc(Oc3ccc(F)cc3)c2)sc1C(=O)N(C)C. The van der Waals surface area contributed by atoms with Crippen molar-refractivity contribution in [1.29, 1.82) is 0 Å². The second kappa shape index (κ2) is 9.49. The van der Waals surface area contributed by atoms with E-state index in [1.165, 1.54) is 28.4 Å². The monoisotopic (exact) mass is 427 g/mol. The molecule has 8 heteroatoms. The van der Waals surface area contributed by atoms with Gasteiger partial charge in [-0.2, -0.15) is 0 Å². The van der Waals surface area contributed by atoms with E-state index in [2.05, 4.69) is 10.3 Å². The molecule has 2 amide bonds. The van der Waals surface area contributed by atoms with Crippen LogP contribution in [0.3, 0.4) is 0 Å². The number of anilines is 1. The van der Waals surface area contributed by atoms with Crippen molar-refractivity contribution in [3.05, 3.63) is 70.5 Å². The van der Waals surface area contributed by atoms with E-state index < -0.39 is 0 Å². The van der Waals surface area contributed by atoms with Gasteiger partial charge in [0.05, 0.1) is 5.69 Å². The van der Waals surface area contributed by atoms with Crippen molar-refractivity contribution in [2.45, 2.75) is 19.8 Å². The number of halogens is 1. The number of carbonyl (C=O) groups is 2. The first-order valence-corrected chi connectivity index (χ1v) is 10.1. The minimum atomic E-state index is -0.323. The number of thiazole rings is 1. The van der Waals surface area contributed by atoms with Gasteiger partial charge in [0.1, 0.15) is 22.2 Å². The molecule has 3 rings (SSSR count). The largest absolute Gasteiger partial charge is 0.457 e. The predicted molar refractivity (Wildman–Crippen MR) is 115 cm³/mol. The maximum absolute atomic E-state index is 13.0. The molecule has 1 aromatic heterocycles. The van der Waals surface area contributed by atoms with Crippen molar-refractivity contribution in [2.24, 2.45) is 0 Å². The Labute approximate surface area is 178 Å². The molecule has 0 aliphatic rings. The van der Waals surface area contributed by atoms with Gasteiger partial charge in [-0.05, 0) is 55.3 Å². The van der Waals surface area contributed by atoms with Crippen LogP contribution >= 0.6 is 11.3 Å². The minimum Gasteiger partial charge on any atom is -0.457 e. The van der Waals surface area contributed by atoms with Gasteiger partial charge in [0.25, 0.3) is 5.91 Å². The zero-order valence-corrected chi connectivity index (χ0v) is 17.8. The summed E-state index contributed by atoms with van der Waals surface area (Å²) < 4.78 is 18.7. The highest BCUT2D eigenvalue weighted by Crippen LogP contribution is 2.25. The lowest BCUT2D eigenvalue weighted by Crippen LogP contribution is -2.21. The van der Waals surface area contributed by atoms with Crippen LogP contribution in [0.1, 0.15) is 27.3 Å². The number of aromatic nitrogens is 1. The number of carbonyl (C=O) groups excluding carboxylic acids is 2. The molecule has 0 saturated heterocycles. The topological polar surface area (TPSA) is 71.5 Å². The number of ether oxygens (including phenoxy) is 1. The standard InChI is InChI=1S/C22H22FN3O3S/c1-14-20(21(28)26(2)3)30-22(24-14)25-19(27)12-7-15-5-4-6-18(13-15)29-17-10-8-16(23)9-11-17/h4-6,8-11,13H,7,12H2,1-3H3,(H,24,25,27). The fraction of sp³-hybridized carbons (Fsp3) is 0.227. The Balaban J connectivity index is 1.57. The van der Waals surface area contributed by atoms with E-state index in [1.54, 1.807) is 39.2 Å². The zero-order chi connectivity index (χ0) is 21.7. The molecular weight excluding hydrogens is 405 g/mol. The number of hydrogen-bond donors (Lipinski definition) is 1. The van der Waals surface area contributed by atoms with Crippen molar-refractivity contribution in [3.8, 4) is 11.5 Å². The fourth-order valence-electron chi connectivity index (χ4n) is 2.69. The summed E-state index contributed by atoms with van der Waals surface area (Å²) in [5, 5.41) is 3.17. The third kappa shape index (κ3) is 5.64. The van der Waals surface area contributed by atoms with Crippen molar-refractivity contribution in [2.75, 3.05) is 19.4 Å². The van der Waals surface area contributed by atoms with Gasteiger partial charge in [-0.25, -0.2) is 9.37 Å². The molecule has 6 nitrogen and oxygen atoms in total. The Morgan fingerprint density at radius 2 is 1.87 bits per heavy atom. The second-order valence-electron chi connectivity index (χ2n) is 6.88. The Morgan fingerprint density at radius 3 is 2.57 bits per heavy atom. The van der Waals surface area contributed by atoms with E-state index in [0.29, 0.717) is 33.6 Å². The molecule has 0 aliphatic carbocycles. The lowest BCUT2D eigenvalue weighted by atomic mass is 10.1. The van der Waals surface area contributed by atoms with Crippen LogP contribution in [-0.2, 0) is 11.2 Å². The Kier molecular flexibility index (Phi) is 6.79. The number of aryl methyl sites for hydroxylation is 2. The van der Waals surface area contributed by atoms with Crippen molar-refractivity contribution >= 4 is 28.3 Å². The summed E-state index contributed by atoms with van der Waals surface area (Å²) in [6.07, 6.45) is 0.774. The second-order valence-corrected chi connectivity index (χ2v) is 7.88. The molecule has 0 unspecified atom stereocenters. The van der Waals surface area contributed by atoms with Crippen LogP contribution in [0.4, 0.5) is 9.52 Å². The number of nitrogens with one attached hydrogen (secondary N) is 1. The molecular formula is C22H22FN3O3S. The molecule has 0 bridgehead atoms. The Morgan fingerprint density at radius 1 is 1.13 bits per heavy atom. The van der Waals surface area contributed by atoms with Gasteiger partial charge in [0, 0.05) is 20.5 Å². The van der Waals surface area contributed by atoms with Crippen LogP contribution in [0.15, 0.2) is 48.5 Å². The minimum absolute atomic E-state index is 0.136. The molecule has 0 aliphatic heterocycles. The van der Waals surface area contributed by atoms with Crippen molar-refractivity contribution in [1.82, 2.24) is 9.88 Å². The molecule has 0 fully saturated rings. The molecule has 1 N–H and O–H groups in total. The molecule has 30 heavy (non-hydrogen) atoms. The van der Waals surface area contributed by atoms with E-state index in [-0.39, 0.29) is 24.1 Å². The quantitative estimate of drug-likeness (QED) is 0.596. The summed E-state index contributed by atoms with van der Waals surface area (Å²) >= 11 is 1.17. The normalized spacial score (nSPS) is 10.5. The van der Waals surface area contributed by atoms with E-state index in [9.17, 15) is 14.0 Å². The van der Waals surface area contributed by atoms with Crippen LogP contribution in [0.5, 0.6) is 11.5 Å². The van der Waals surface area contributed by atoms with Crippen molar-refractivity contribution < 1.29 is 18.7 Å². The van der Waals surface area contributed by atoms with Gasteiger partial charge in [0.15, 0.2) is 5.13 Å². The van der Waals surface area contributed by atoms with Crippen LogP contribution < -0.4 is 10.1 Å². The first-order chi connectivity index (χ1) is 14.3. The Hall–Kier alpha value is -3.26. The van der Waals surface area contributed by atoms with Gasteiger partial charge in [-0.1, -0.05) is 23.5 Å². The third-order valence-corrected chi connectivity index (χ3v) is 5.29. The van der Waals surface area contributed by atoms with Gasteiger partial charge in [-0.3, -0.25) is 9.59 Å². The van der Waals surface area contributed by atoms with Crippen molar-refractivity contribution in [3.63, 3.8) is 0 Å². The smallest absolute Gasteiger partial charge is 0.265 e. The first kappa shape index (κ1) is 21.4. The summed E-state index contributed by atoms with van der Waals surface area (Å²) in [5.74, 6) is 0.507. The predicted octanol–water partition coefficient (Wildman–Crippen LogP) is 4.66. The van der Waals surface area contributed by atoms with Gasteiger partial charge < -0.3 is 15.0 Å². The molecule has 2 aromatic carbocycles. The number of amides is 2. The van der Waals surface area contributed by atoms with Gasteiger partial charge >= 0.3 is 0 Å². The van der Waals surface area contributed by atoms with Crippen LogP contribution in [0, 0.1) is 12.7 Å². The molecule has 0 radical (unpaired) electrons. The highest BCUT2D eigenvalue weighted by Gasteiger charge is 2.18. The highest BCUT2D eigenvalue weighted by molar-refractivity contribution is 7.17. The van der Waals surface area contributed by atoms with Crippen LogP contribution in [0.2, 0.25) is 0 Å². The van der Waals surface area contributed by atoms with E-state index in [1.807, 2.05) is 18.2 Å². The summed E-state index contributed by atoms with van der Waals surface area (Å²) in [5.41, 5.74) is 1.53. The number of nitrogens with zero attached hydrogens (tertiary/aromatic N) is 2. The number of benzene rings is 2. The molecule has 0 spiro atoms. The molecule has 1 heterocycles. The molecule has 3 aromatic rings. The zero-order valence-electron chi connectivity index (χ0n) is 16.9. The van der Waals surface area contributed by atoms with Crippen LogP contribution in [0.25, 0.3) is 0 Å². The summed E-state index contributed by atoms with van der Waals surface area (Å²) in [6, 6.07) is 13.2. The fourth-order valence-corrected chi connectivity index (χ4v) is 3.70. The molecule has 0 atom stereocenters. The Bertz CT molecular complexity index is 1050. The van der Waals surface area contributed by atoms with E-state index >= 15 is 0 Å². The molecule has 156 valence electrons. The number of hydrogen-bond acceptors (Lipinski definition) is 5. The number of rotatable bonds is 7. The summed E-state index contributed by atoms with van der Waals surface area (Å²) in [6.45, 7) is 1.75. The van der Waals surface area contributed by atoms with Gasteiger partial charge in [-0.15, -0.1) is 0 Å².